The summed E-state index contributed by atoms with van der Waals surface area (Å²) in [6.07, 6.45) is 0. The lowest BCUT2D eigenvalue weighted by Gasteiger charge is -2.08. The van der Waals surface area contributed by atoms with E-state index in [-0.39, 0.29) is 11.1 Å². The number of aromatic nitrogens is 4. The number of carbonyl (C=O) groups excluding carboxylic acids is 1. The first kappa shape index (κ1) is 15.9. The van der Waals surface area contributed by atoms with Crippen LogP contribution in [0.1, 0.15) is 27.4 Å². The first-order valence-electron chi connectivity index (χ1n) is 7.63. The van der Waals surface area contributed by atoms with E-state index in [4.69, 9.17) is 0 Å². The lowest BCUT2D eigenvalue weighted by atomic mass is 10.1. The molecule has 1 N–H and O–H groups in total. The van der Waals surface area contributed by atoms with Gasteiger partial charge in [0, 0.05) is 37.3 Å². The second-order valence-electron chi connectivity index (χ2n) is 5.77. The molecule has 0 saturated carbocycles. The average molecular weight is 325 g/mol. The molecule has 124 valence electrons. The summed E-state index contributed by atoms with van der Waals surface area (Å²) in [4.78, 5) is 25.0. The minimum absolute atomic E-state index is 0.101. The van der Waals surface area contributed by atoms with Crippen molar-refractivity contribution in [3.63, 3.8) is 0 Å². The second kappa shape index (κ2) is 5.92. The first-order valence-corrected chi connectivity index (χ1v) is 7.63. The highest BCUT2D eigenvalue weighted by Crippen LogP contribution is 2.12. The average Bonchev–Trinajstić information content (AvgIpc) is 2.81. The third-order valence-corrected chi connectivity index (χ3v) is 4.26. The van der Waals surface area contributed by atoms with Gasteiger partial charge in [0.15, 0.2) is 5.69 Å². The predicted octanol–water partition coefficient (Wildman–Crippen LogP) is 1.21. The van der Waals surface area contributed by atoms with Crippen molar-refractivity contribution >= 4 is 16.8 Å². The van der Waals surface area contributed by atoms with Crippen LogP contribution in [0.3, 0.4) is 0 Å². The molecule has 3 rings (SSSR count). The van der Waals surface area contributed by atoms with Crippen LogP contribution in [0.4, 0.5) is 0 Å². The Morgan fingerprint density at radius 2 is 1.83 bits per heavy atom. The molecule has 0 aliphatic carbocycles. The molecule has 0 bridgehead atoms. The van der Waals surface area contributed by atoms with Gasteiger partial charge in [-0.3, -0.25) is 19.0 Å². The molecule has 0 spiro atoms. The van der Waals surface area contributed by atoms with Crippen LogP contribution in [-0.4, -0.2) is 25.5 Å². The molecule has 24 heavy (non-hydrogen) atoms. The zero-order chi connectivity index (χ0) is 17.4. The van der Waals surface area contributed by atoms with Gasteiger partial charge < -0.3 is 5.32 Å². The first-order chi connectivity index (χ1) is 11.4. The highest BCUT2D eigenvalue weighted by molar-refractivity contribution is 5.95. The van der Waals surface area contributed by atoms with Crippen LogP contribution in [0.5, 0.6) is 0 Å². The number of para-hydroxylation sites is 1. The molecule has 0 saturated heterocycles. The lowest BCUT2D eigenvalue weighted by molar-refractivity contribution is 0.0943. The maximum atomic E-state index is 12.5. The summed E-state index contributed by atoms with van der Waals surface area (Å²) in [5.74, 6) is -0.482. The van der Waals surface area contributed by atoms with Crippen molar-refractivity contribution in [2.24, 2.45) is 14.1 Å². The predicted molar refractivity (Wildman–Crippen MR) is 90.8 cm³/mol. The number of hydrogen-bond donors (Lipinski definition) is 1. The van der Waals surface area contributed by atoms with Gasteiger partial charge in [-0.15, -0.1) is 0 Å². The fourth-order valence-corrected chi connectivity index (χ4v) is 2.80. The molecular formula is C17H19N5O2. The number of fused-ring (bicyclic) bond motifs is 1. The van der Waals surface area contributed by atoms with Crippen molar-refractivity contribution in [2.45, 2.75) is 20.4 Å². The van der Waals surface area contributed by atoms with Gasteiger partial charge in [-0.2, -0.15) is 10.2 Å². The molecule has 0 radical (unpaired) electrons. The van der Waals surface area contributed by atoms with Crippen LogP contribution in [-0.2, 0) is 20.6 Å². The molecule has 7 nitrogen and oxygen atoms in total. The molecule has 0 aliphatic heterocycles. The molecule has 0 atom stereocenters. The minimum Gasteiger partial charge on any atom is -0.346 e. The van der Waals surface area contributed by atoms with Gasteiger partial charge in [0.1, 0.15) is 0 Å². The number of nitrogens with zero attached hydrogens (tertiary/aromatic N) is 4. The summed E-state index contributed by atoms with van der Waals surface area (Å²) in [7, 11) is 3.57. The van der Waals surface area contributed by atoms with Crippen LogP contribution in [0, 0.1) is 13.8 Å². The summed E-state index contributed by atoms with van der Waals surface area (Å²) in [5.41, 5.74) is 3.01. The van der Waals surface area contributed by atoms with Gasteiger partial charge in [0.25, 0.3) is 5.91 Å². The Kier molecular flexibility index (Phi) is 3.92. The highest BCUT2D eigenvalue weighted by Gasteiger charge is 2.17. The second-order valence-corrected chi connectivity index (χ2v) is 5.77. The van der Waals surface area contributed by atoms with E-state index in [9.17, 15) is 9.59 Å². The van der Waals surface area contributed by atoms with Gasteiger partial charge in [-0.25, -0.2) is 0 Å². The van der Waals surface area contributed by atoms with Crippen molar-refractivity contribution in [2.75, 3.05) is 0 Å². The van der Waals surface area contributed by atoms with Gasteiger partial charge in [0.2, 0.25) is 5.43 Å². The van der Waals surface area contributed by atoms with Gasteiger partial charge in [-0.1, -0.05) is 12.1 Å². The van der Waals surface area contributed by atoms with E-state index in [2.05, 4.69) is 15.5 Å². The Labute approximate surface area is 138 Å². The van der Waals surface area contributed by atoms with E-state index >= 15 is 0 Å². The topological polar surface area (TPSA) is 81.8 Å². The van der Waals surface area contributed by atoms with Crippen molar-refractivity contribution in [3.8, 4) is 0 Å². The molecule has 2 aromatic heterocycles. The monoisotopic (exact) mass is 325 g/mol. The van der Waals surface area contributed by atoms with Gasteiger partial charge in [-0.05, 0) is 26.0 Å². The van der Waals surface area contributed by atoms with E-state index in [1.807, 2.05) is 27.0 Å². The maximum Gasteiger partial charge on any atom is 0.276 e. The minimum atomic E-state index is -0.482. The normalized spacial score (nSPS) is 11.0. The molecular weight excluding hydrogens is 306 g/mol. The molecule has 7 heteroatoms. The quantitative estimate of drug-likeness (QED) is 0.785. The zero-order valence-electron chi connectivity index (χ0n) is 14.1. The number of aryl methyl sites for hydroxylation is 3. The Morgan fingerprint density at radius 1 is 1.12 bits per heavy atom. The van der Waals surface area contributed by atoms with E-state index in [0.717, 1.165) is 17.0 Å². The number of benzene rings is 1. The third kappa shape index (κ3) is 2.58. The fraction of sp³-hybridized carbons (Fsp3) is 0.294. The van der Waals surface area contributed by atoms with Crippen LogP contribution in [0.2, 0.25) is 0 Å². The summed E-state index contributed by atoms with van der Waals surface area (Å²) >= 11 is 0. The van der Waals surface area contributed by atoms with Crippen LogP contribution in [0.15, 0.2) is 29.1 Å². The molecule has 0 aliphatic rings. The standard InChI is InChI=1S/C17H19N5O2/c1-10-13(11(2)21(3)19-10)9-18-17(24)15-16(23)12-7-5-6-8-14(12)22(4)20-15/h5-8H,9H2,1-4H3,(H,18,24). The third-order valence-electron chi connectivity index (χ3n) is 4.26. The van der Waals surface area contributed by atoms with E-state index < -0.39 is 5.91 Å². The lowest BCUT2D eigenvalue weighted by Crippen LogP contribution is -2.31. The van der Waals surface area contributed by atoms with Crippen LogP contribution >= 0.6 is 0 Å². The molecule has 0 unspecified atom stereocenters. The number of hydrogen-bond acceptors (Lipinski definition) is 4. The molecule has 3 aromatic rings. The van der Waals surface area contributed by atoms with Gasteiger partial charge >= 0.3 is 0 Å². The highest BCUT2D eigenvalue weighted by atomic mass is 16.2. The Hall–Kier alpha value is -2.96. The Balaban J connectivity index is 1.92. The Morgan fingerprint density at radius 3 is 2.50 bits per heavy atom. The number of nitrogens with one attached hydrogen (secondary N) is 1. The van der Waals surface area contributed by atoms with Crippen molar-refractivity contribution in [1.29, 1.82) is 0 Å². The van der Waals surface area contributed by atoms with E-state index in [1.165, 1.54) is 0 Å². The van der Waals surface area contributed by atoms with Crippen molar-refractivity contribution < 1.29 is 4.79 Å². The zero-order valence-corrected chi connectivity index (χ0v) is 14.1. The summed E-state index contributed by atoms with van der Waals surface area (Å²) < 4.78 is 3.32. The largest absolute Gasteiger partial charge is 0.346 e. The van der Waals surface area contributed by atoms with Gasteiger partial charge in [0.05, 0.1) is 11.2 Å². The number of amides is 1. The summed E-state index contributed by atoms with van der Waals surface area (Å²) in [5, 5.41) is 11.7. The van der Waals surface area contributed by atoms with Crippen LogP contribution < -0.4 is 10.7 Å². The molecule has 0 fully saturated rings. The smallest absolute Gasteiger partial charge is 0.276 e. The maximum absolute atomic E-state index is 12.5. The summed E-state index contributed by atoms with van der Waals surface area (Å²) in [6.45, 7) is 4.14. The Bertz CT molecular complexity index is 1000. The van der Waals surface area contributed by atoms with E-state index in [1.54, 1.807) is 34.6 Å². The number of carbonyl (C=O) groups is 1. The van der Waals surface area contributed by atoms with Crippen molar-refractivity contribution in [3.05, 3.63) is 57.1 Å². The SMILES string of the molecule is Cc1nn(C)c(C)c1CNC(=O)c1nn(C)c2ccccc2c1=O. The molecule has 1 aromatic carbocycles. The number of rotatable bonds is 3. The van der Waals surface area contributed by atoms with E-state index in [0.29, 0.717) is 17.4 Å². The molecule has 1 amide bonds. The summed E-state index contributed by atoms with van der Waals surface area (Å²) in [6, 6.07) is 7.10. The van der Waals surface area contributed by atoms with Crippen molar-refractivity contribution in [1.82, 2.24) is 24.9 Å². The molecule has 2 heterocycles. The fourth-order valence-electron chi connectivity index (χ4n) is 2.80. The van der Waals surface area contributed by atoms with Crippen LogP contribution in [0.25, 0.3) is 10.9 Å².